The average molecular weight is 416 g/mol. The molecule has 3 nitrogen and oxygen atoms in total. The standard InChI is InChI=1S/C23H18BrN3/c1-16(26-13-18-5-2-3-6-19(18)14-26)17-9-10-23-22(11-17)25-15-27(23)21-8-4-7-20(24)12-21/h2-16H,1H3. The van der Waals surface area contributed by atoms with Gasteiger partial charge in [0.1, 0.15) is 6.33 Å². The van der Waals surface area contributed by atoms with Gasteiger partial charge in [-0.25, -0.2) is 4.98 Å². The summed E-state index contributed by atoms with van der Waals surface area (Å²) < 4.78 is 5.46. The summed E-state index contributed by atoms with van der Waals surface area (Å²) in [5, 5.41) is 2.54. The van der Waals surface area contributed by atoms with Gasteiger partial charge in [-0.15, -0.1) is 0 Å². The van der Waals surface area contributed by atoms with Crippen molar-refractivity contribution in [2.24, 2.45) is 0 Å². The first-order valence-electron chi connectivity index (χ1n) is 8.98. The Labute approximate surface area is 166 Å². The minimum atomic E-state index is 0.248. The Morgan fingerprint density at radius 3 is 2.41 bits per heavy atom. The number of benzene rings is 3. The molecule has 1 unspecified atom stereocenters. The third kappa shape index (κ3) is 2.86. The molecule has 0 radical (unpaired) electrons. The van der Waals surface area contributed by atoms with Gasteiger partial charge >= 0.3 is 0 Å². The van der Waals surface area contributed by atoms with Crippen LogP contribution in [0.5, 0.6) is 0 Å². The summed E-state index contributed by atoms with van der Waals surface area (Å²) >= 11 is 3.55. The second-order valence-electron chi connectivity index (χ2n) is 6.85. The van der Waals surface area contributed by atoms with Gasteiger partial charge < -0.3 is 4.57 Å². The van der Waals surface area contributed by atoms with Gasteiger partial charge in [-0.3, -0.25) is 4.57 Å². The summed E-state index contributed by atoms with van der Waals surface area (Å²) in [7, 11) is 0. The summed E-state index contributed by atoms with van der Waals surface area (Å²) in [5.41, 5.74) is 4.48. The summed E-state index contributed by atoms with van der Waals surface area (Å²) in [4.78, 5) is 4.64. The van der Waals surface area contributed by atoms with Gasteiger partial charge in [0.15, 0.2) is 0 Å². The Kier molecular flexibility index (Phi) is 3.87. The second kappa shape index (κ2) is 6.39. The molecule has 0 N–H and O–H groups in total. The number of halogens is 1. The molecule has 0 aliphatic carbocycles. The van der Waals surface area contributed by atoms with Crippen LogP contribution < -0.4 is 0 Å². The van der Waals surface area contributed by atoms with Gasteiger partial charge in [0, 0.05) is 22.6 Å². The Bertz CT molecular complexity index is 1230. The summed E-state index contributed by atoms with van der Waals surface area (Å²) in [6, 6.07) is 23.5. The third-order valence-corrected chi connectivity index (χ3v) is 5.65. The highest BCUT2D eigenvalue weighted by molar-refractivity contribution is 9.10. The van der Waals surface area contributed by atoms with Crippen molar-refractivity contribution < 1.29 is 0 Å². The van der Waals surface area contributed by atoms with Crippen molar-refractivity contribution in [3.8, 4) is 5.69 Å². The molecule has 0 bridgehead atoms. The Balaban J connectivity index is 1.55. The molecule has 0 saturated carbocycles. The number of imidazole rings is 1. The SMILES string of the molecule is CC(c1ccc2c(c1)ncn2-c1cccc(Br)c1)n1cc2ccccc2c1. The molecular weight excluding hydrogens is 398 g/mol. The Hall–Kier alpha value is -2.85. The van der Waals surface area contributed by atoms with Crippen LogP contribution in [0.1, 0.15) is 18.5 Å². The van der Waals surface area contributed by atoms with E-state index in [2.05, 4.69) is 104 Å². The summed E-state index contributed by atoms with van der Waals surface area (Å²) in [6.45, 7) is 2.23. The molecule has 0 aliphatic rings. The zero-order chi connectivity index (χ0) is 18.4. The zero-order valence-corrected chi connectivity index (χ0v) is 16.5. The third-order valence-electron chi connectivity index (χ3n) is 5.16. The van der Waals surface area contributed by atoms with E-state index in [1.54, 1.807) is 0 Å². The van der Waals surface area contributed by atoms with Crippen molar-refractivity contribution in [3.05, 3.63) is 95.5 Å². The zero-order valence-electron chi connectivity index (χ0n) is 14.9. The first-order chi connectivity index (χ1) is 13.2. The van der Waals surface area contributed by atoms with Crippen LogP contribution in [-0.4, -0.2) is 14.1 Å². The monoisotopic (exact) mass is 415 g/mol. The molecule has 0 aliphatic heterocycles. The minimum Gasteiger partial charge on any atom is -0.346 e. The van der Waals surface area contributed by atoms with E-state index in [0.29, 0.717) is 0 Å². The molecule has 0 saturated heterocycles. The molecule has 0 spiro atoms. The van der Waals surface area contributed by atoms with Crippen LogP contribution in [0.15, 0.2) is 89.9 Å². The number of aromatic nitrogens is 3. The number of rotatable bonds is 3. The lowest BCUT2D eigenvalue weighted by Gasteiger charge is -2.14. The quantitative estimate of drug-likeness (QED) is 0.336. The first-order valence-corrected chi connectivity index (χ1v) is 9.77. The molecule has 2 aromatic heterocycles. The highest BCUT2D eigenvalue weighted by Gasteiger charge is 2.12. The molecule has 2 heterocycles. The normalized spacial score (nSPS) is 12.7. The van der Waals surface area contributed by atoms with Crippen molar-refractivity contribution in [1.82, 2.24) is 14.1 Å². The van der Waals surface area contributed by atoms with E-state index in [1.807, 2.05) is 18.5 Å². The van der Waals surface area contributed by atoms with Crippen molar-refractivity contribution in [2.75, 3.05) is 0 Å². The fraction of sp³-hybridized carbons (Fsp3) is 0.0870. The maximum atomic E-state index is 4.64. The molecule has 0 amide bonds. The number of nitrogens with zero attached hydrogens (tertiary/aromatic N) is 3. The van der Waals surface area contributed by atoms with Crippen LogP contribution in [0.4, 0.5) is 0 Å². The van der Waals surface area contributed by atoms with Crippen LogP contribution in [0.2, 0.25) is 0 Å². The van der Waals surface area contributed by atoms with E-state index in [9.17, 15) is 0 Å². The highest BCUT2D eigenvalue weighted by Crippen LogP contribution is 2.27. The minimum absolute atomic E-state index is 0.248. The van der Waals surface area contributed by atoms with E-state index < -0.39 is 0 Å². The van der Waals surface area contributed by atoms with Crippen molar-refractivity contribution in [3.63, 3.8) is 0 Å². The maximum absolute atomic E-state index is 4.64. The van der Waals surface area contributed by atoms with Gasteiger partial charge in [-0.1, -0.05) is 52.3 Å². The van der Waals surface area contributed by atoms with Gasteiger partial charge in [0.05, 0.1) is 17.1 Å². The van der Waals surface area contributed by atoms with Crippen LogP contribution >= 0.6 is 15.9 Å². The van der Waals surface area contributed by atoms with Crippen LogP contribution in [0, 0.1) is 0 Å². The lowest BCUT2D eigenvalue weighted by Crippen LogP contribution is -2.04. The fourth-order valence-corrected chi connectivity index (χ4v) is 4.01. The average Bonchev–Trinajstić information content (AvgIpc) is 3.31. The highest BCUT2D eigenvalue weighted by atomic mass is 79.9. The molecule has 3 aromatic carbocycles. The van der Waals surface area contributed by atoms with E-state index in [4.69, 9.17) is 0 Å². The topological polar surface area (TPSA) is 22.8 Å². The summed E-state index contributed by atoms with van der Waals surface area (Å²) in [5.74, 6) is 0. The Morgan fingerprint density at radius 2 is 1.67 bits per heavy atom. The molecule has 5 rings (SSSR count). The molecule has 0 fully saturated rings. The molecule has 1 atom stereocenters. The first kappa shape index (κ1) is 16.3. The Morgan fingerprint density at radius 1 is 0.889 bits per heavy atom. The van der Waals surface area contributed by atoms with Crippen LogP contribution in [-0.2, 0) is 0 Å². The predicted octanol–water partition coefficient (Wildman–Crippen LogP) is 6.35. The number of hydrogen-bond acceptors (Lipinski definition) is 1. The van der Waals surface area contributed by atoms with Gasteiger partial charge in [-0.05, 0) is 53.6 Å². The van der Waals surface area contributed by atoms with E-state index in [0.717, 1.165) is 21.2 Å². The van der Waals surface area contributed by atoms with E-state index in [-0.39, 0.29) is 6.04 Å². The van der Waals surface area contributed by atoms with Crippen molar-refractivity contribution in [1.29, 1.82) is 0 Å². The maximum Gasteiger partial charge on any atom is 0.100 e. The lowest BCUT2D eigenvalue weighted by atomic mass is 10.1. The van der Waals surface area contributed by atoms with Crippen molar-refractivity contribution >= 4 is 37.7 Å². The molecular formula is C23H18BrN3. The van der Waals surface area contributed by atoms with E-state index in [1.165, 1.54) is 16.3 Å². The molecule has 5 aromatic rings. The van der Waals surface area contributed by atoms with Gasteiger partial charge in [-0.2, -0.15) is 0 Å². The second-order valence-corrected chi connectivity index (χ2v) is 7.77. The van der Waals surface area contributed by atoms with Crippen LogP contribution in [0.3, 0.4) is 0 Å². The smallest absolute Gasteiger partial charge is 0.100 e. The largest absolute Gasteiger partial charge is 0.346 e. The molecule has 4 heteroatoms. The molecule has 27 heavy (non-hydrogen) atoms. The van der Waals surface area contributed by atoms with Crippen LogP contribution in [0.25, 0.3) is 27.5 Å². The van der Waals surface area contributed by atoms with Crippen molar-refractivity contribution in [2.45, 2.75) is 13.0 Å². The lowest BCUT2D eigenvalue weighted by molar-refractivity contribution is 0.646. The number of fused-ring (bicyclic) bond motifs is 2. The number of hydrogen-bond donors (Lipinski definition) is 0. The van der Waals surface area contributed by atoms with Gasteiger partial charge in [0.25, 0.3) is 0 Å². The summed E-state index contributed by atoms with van der Waals surface area (Å²) in [6.07, 6.45) is 6.32. The van der Waals surface area contributed by atoms with Gasteiger partial charge in [0.2, 0.25) is 0 Å². The van der Waals surface area contributed by atoms with E-state index >= 15 is 0 Å². The predicted molar refractivity (Wildman–Crippen MR) is 115 cm³/mol. The fourth-order valence-electron chi connectivity index (χ4n) is 3.62. The molecule has 132 valence electrons.